The molecule has 92 valence electrons. The Morgan fingerprint density at radius 2 is 2.18 bits per heavy atom. The highest BCUT2D eigenvalue weighted by atomic mass is 79.9. The number of hydrogen-bond donors (Lipinski definition) is 3. The number of carbonyl (C=O) groups is 1. The lowest BCUT2D eigenvalue weighted by Crippen LogP contribution is -2.25. The first-order valence-corrected chi connectivity index (χ1v) is 5.99. The van der Waals surface area contributed by atoms with Gasteiger partial charge < -0.3 is 16.8 Å². The summed E-state index contributed by atoms with van der Waals surface area (Å²) in [4.78, 5) is 14.8. The van der Waals surface area contributed by atoms with Gasteiger partial charge in [-0.1, -0.05) is 34.5 Å². The molecule has 0 fully saturated rings. The predicted octanol–water partition coefficient (Wildman–Crippen LogP) is 2.47. The largest absolute Gasteiger partial charge is 0.370 e. The molecule has 7 heteroatoms. The first-order chi connectivity index (χ1) is 7.93. The van der Waals surface area contributed by atoms with Gasteiger partial charge in [-0.25, -0.2) is 4.79 Å². The molecule has 0 saturated carbocycles. The highest BCUT2D eigenvalue weighted by Gasteiger charge is 2.10. The van der Waals surface area contributed by atoms with Gasteiger partial charge in [0, 0.05) is 4.47 Å². The lowest BCUT2D eigenvalue weighted by Gasteiger charge is -2.11. The number of aliphatic imine (C=N–C) groups is 1. The molecule has 0 saturated heterocycles. The monoisotopic (exact) mass is 318 g/mol. The van der Waals surface area contributed by atoms with Gasteiger partial charge in [0.15, 0.2) is 5.96 Å². The summed E-state index contributed by atoms with van der Waals surface area (Å²) >= 11 is 9.37. The molecule has 0 unspecified atom stereocenters. The molecule has 0 radical (unpaired) electrons. The quantitative estimate of drug-likeness (QED) is 0.577. The van der Waals surface area contributed by atoms with E-state index >= 15 is 0 Å². The molecule has 0 atom stereocenters. The maximum Gasteiger partial charge on any atom is 0.348 e. The van der Waals surface area contributed by atoms with E-state index < -0.39 is 6.03 Å². The van der Waals surface area contributed by atoms with E-state index in [1.54, 1.807) is 6.07 Å². The van der Waals surface area contributed by atoms with Gasteiger partial charge in [0.25, 0.3) is 0 Å². The molecule has 1 aromatic rings. The molecule has 0 bridgehead atoms. The number of benzene rings is 1. The van der Waals surface area contributed by atoms with Crippen LogP contribution in [0.5, 0.6) is 0 Å². The Morgan fingerprint density at radius 1 is 1.53 bits per heavy atom. The van der Waals surface area contributed by atoms with E-state index in [1.165, 1.54) is 0 Å². The Morgan fingerprint density at radius 3 is 2.71 bits per heavy atom. The van der Waals surface area contributed by atoms with E-state index in [-0.39, 0.29) is 5.96 Å². The SMILES string of the molecule is CCc1cc(Br)cc(Cl)c1NC(=O)N=C(N)N. The van der Waals surface area contributed by atoms with E-state index in [0.29, 0.717) is 10.7 Å². The first kappa shape index (κ1) is 13.8. The summed E-state index contributed by atoms with van der Waals surface area (Å²) in [6.45, 7) is 1.95. The zero-order valence-electron chi connectivity index (χ0n) is 9.13. The number of hydrogen-bond acceptors (Lipinski definition) is 1. The molecule has 2 amide bonds. The van der Waals surface area contributed by atoms with Gasteiger partial charge in [-0.05, 0) is 24.1 Å². The van der Waals surface area contributed by atoms with Crippen molar-refractivity contribution < 1.29 is 4.79 Å². The minimum Gasteiger partial charge on any atom is -0.370 e. The highest BCUT2D eigenvalue weighted by molar-refractivity contribution is 9.10. The minimum atomic E-state index is -0.649. The third-order valence-corrected chi connectivity index (χ3v) is 2.74. The van der Waals surface area contributed by atoms with Crippen LogP contribution in [0.3, 0.4) is 0 Å². The number of nitrogens with zero attached hydrogens (tertiary/aromatic N) is 1. The lowest BCUT2D eigenvalue weighted by molar-refractivity contribution is 0.259. The molecule has 5 nitrogen and oxygen atoms in total. The van der Waals surface area contributed by atoms with Crippen LogP contribution in [0.1, 0.15) is 12.5 Å². The van der Waals surface area contributed by atoms with Gasteiger partial charge in [-0.2, -0.15) is 4.99 Å². The summed E-state index contributed by atoms with van der Waals surface area (Å²) in [5.74, 6) is -0.297. The molecule has 1 rings (SSSR count). The van der Waals surface area contributed by atoms with Crippen molar-refractivity contribution in [3.05, 3.63) is 27.2 Å². The average molecular weight is 320 g/mol. The number of guanidine groups is 1. The lowest BCUT2D eigenvalue weighted by atomic mass is 10.1. The van der Waals surface area contributed by atoms with Crippen LogP contribution in [0, 0.1) is 0 Å². The normalized spacial score (nSPS) is 9.82. The van der Waals surface area contributed by atoms with Gasteiger partial charge in [0.05, 0.1) is 10.7 Å². The predicted molar refractivity (Wildman–Crippen MR) is 73.4 cm³/mol. The van der Waals surface area contributed by atoms with Gasteiger partial charge in [0.2, 0.25) is 0 Å². The van der Waals surface area contributed by atoms with Crippen LogP contribution >= 0.6 is 27.5 Å². The molecule has 0 heterocycles. The fourth-order valence-electron chi connectivity index (χ4n) is 1.30. The van der Waals surface area contributed by atoms with E-state index in [2.05, 4.69) is 26.2 Å². The molecule has 1 aromatic carbocycles. The van der Waals surface area contributed by atoms with Crippen LogP contribution in [0.25, 0.3) is 0 Å². The second-order valence-electron chi connectivity index (χ2n) is 3.24. The van der Waals surface area contributed by atoms with Crippen molar-refractivity contribution in [2.24, 2.45) is 16.5 Å². The second-order valence-corrected chi connectivity index (χ2v) is 4.56. The van der Waals surface area contributed by atoms with Crippen molar-refractivity contribution in [3.63, 3.8) is 0 Å². The molecule has 17 heavy (non-hydrogen) atoms. The smallest absolute Gasteiger partial charge is 0.348 e. The third kappa shape index (κ3) is 3.90. The Hall–Kier alpha value is -1.27. The van der Waals surface area contributed by atoms with Crippen molar-refractivity contribution in [2.75, 3.05) is 5.32 Å². The molecule has 5 N–H and O–H groups in total. The molecular weight excluding hydrogens is 307 g/mol. The van der Waals surface area contributed by atoms with Gasteiger partial charge in [0.1, 0.15) is 0 Å². The highest BCUT2D eigenvalue weighted by Crippen LogP contribution is 2.30. The Balaban J connectivity index is 3.06. The summed E-state index contributed by atoms with van der Waals surface area (Å²) in [5.41, 5.74) is 11.6. The van der Waals surface area contributed by atoms with Crippen molar-refractivity contribution in [1.82, 2.24) is 0 Å². The summed E-state index contributed by atoms with van der Waals surface area (Å²) < 4.78 is 0.846. The second kappa shape index (κ2) is 5.88. The van der Waals surface area contributed by atoms with Crippen LogP contribution in [-0.2, 0) is 6.42 Å². The molecule has 0 aliphatic heterocycles. The van der Waals surface area contributed by atoms with Crippen molar-refractivity contribution >= 4 is 45.2 Å². The van der Waals surface area contributed by atoms with E-state index in [4.69, 9.17) is 23.1 Å². The molecule has 0 aliphatic carbocycles. The van der Waals surface area contributed by atoms with E-state index in [0.717, 1.165) is 16.5 Å². The number of nitrogens with two attached hydrogens (primary N) is 2. The summed E-state index contributed by atoms with van der Waals surface area (Å²) in [5, 5.41) is 2.98. The number of carbonyl (C=O) groups excluding carboxylic acids is 1. The molecule has 0 aliphatic rings. The van der Waals surface area contributed by atoms with Gasteiger partial charge >= 0.3 is 6.03 Å². The van der Waals surface area contributed by atoms with Crippen LogP contribution < -0.4 is 16.8 Å². The Labute approximate surface area is 112 Å². The standard InChI is InChI=1S/C10H12BrClN4O/c1-2-5-3-6(11)4-7(12)8(5)15-10(17)16-9(13)14/h3-4H,2H2,1H3,(H5,13,14,15,16,17). The van der Waals surface area contributed by atoms with Gasteiger partial charge in [-0.3, -0.25) is 0 Å². The molecule has 0 spiro atoms. The van der Waals surface area contributed by atoms with Crippen LogP contribution in [0.15, 0.2) is 21.6 Å². The number of halogens is 2. The fourth-order valence-corrected chi connectivity index (χ4v) is 2.22. The fraction of sp³-hybridized carbons (Fsp3) is 0.200. The third-order valence-electron chi connectivity index (χ3n) is 1.98. The summed E-state index contributed by atoms with van der Waals surface area (Å²) in [6.07, 6.45) is 0.719. The van der Waals surface area contributed by atoms with E-state index in [9.17, 15) is 4.79 Å². The number of aryl methyl sites for hydroxylation is 1. The van der Waals surface area contributed by atoms with Crippen LogP contribution in [-0.4, -0.2) is 12.0 Å². The number of anilines is 1. The summed E-state index contributed by atoms with van der Waals surface area (Å²) in [6, 6.07) is 2.91. The van der Waals surface area contributed by atoms with Crippen molar-refractivity contribution in [3.8, 4) is 0 Å². The minimum absolute atomic E-state index is 0.297. The maximum absolute atomic E-state index is 11.4. The maximum atomic E-state index is 11.4. The Bertz CT molecular complexity index is 472. The first-order valence-electron chi connectivity index (χ1n) is 4.82. The van der Waals surface area contributed by atoms with E-state index in [1.807, 2.05) is 13.0 Å². The Kier molecular flexibility index (Phi) is 4.77. The number of rotatable bonds is 2. The number of nitrogens with one attached hydrogen (secondary N) is 1. The number of amides is 2. The van der Waals surface area contributed by atoms with Crippen molar-refractivity contribution in [2.45, 2.75) is 13.3 Å². The molecular formula is C10H12BrClN4O. The topological polar surface area (TPSA) is 93.5 Å². The van der Waals surface area contributed by atoms with Crippen LogP contribution in [0.2, 0.25) is 5.02 Å². The van der Waals surface area contributed by atoms with Gasteiger partial charge in [-0.15, -0.1) is 0 Å². The van der Waals surface area contributed by atoms with Crippen LogP contribution in [0.4, 0.5) is 10.5 Å². The number of urea groups is 1. The average Bonchev–Trinajstić information content (AvgIpc) is 2.20. The molecule has 0 aromatic heterocycles. The van der Waals surface area contributed by atoms with Crippen molar-refractivity contribution in [1.29, 1.82) is 0 Å². The zero-order chi connectivity index (χ0) is 13.0. The summed E-state index contributed by atoms with van der Waals surface area (Å²) in [7, 11) is 0. The zero-order valence-corrected chi connectivity index (χ0v) is 11.5.